The summed E-state index contributed by atoms with van der Waals surface area (Å²) in [6, 6.07) is 6.73. The fraction of sp³-hybridized carbons (Fsp3) is 0.308. The summed E-state index contributed by atoms with van der Waals surface area (Å²) in [5, 5.41) is 0. The third kappa shape index (κ3) is 1.96. The van der Waals surface area contributed by atoms with Crippen molar-refractivity contribution < 1.29 is 4.39 Å². The van der Waals surface area contributed by atoms with Crippen molar-refractivity contribution >= 4 is 0 Å². The Balaban J connectivity index is 2.00. The average molecular weight is 231 g/mol. The SMILES string of the molecule is NC1CCc2nc(-c3cccc(F)c3)cn2C1. The lowest BCUT2D eigenvalue weighted by Gasteiger charge is -2.19. The van der Waals surface area contributed by atoms with E-state index < -0.39 is 0 Å². The van der Waals surface area contributed by atoms with E-state index in [-0.39, 0.29) is 11.9 Å². The minimum atomic E-state index is -0.231. The van der Waals surface area contributed by atoms with Crippen LogP contribution >= 0.6 is 0 Å². The zero-order valence-electron chi connectivity index (χ0n) is 9.44. The quantitative estimate of drug-likeness (QED) is 0.815. The highest BCUT2D eigenvalue weighted by atomic mass is 19.1. The second-order valence-corrected chi connectivity index (χ2v) is 4.50. The van der Waals surface area contributed by atoms with E-state index in [1.165, 1.54) is 12.1 Å². The smallest absolute Gasteiger partial charge is 0.123 e. The van der Waals surface area contributed by atoms with Crippen molar-refractivity contribution in [3.05, 3.63) is 42.1 Å². The molecule has 1 aromatic heterocycles. The van der Waals surface area contributed by atoms with Crippen LogP contribution in [0.5, 0.6) is 0 Å². The van der Waals surface area contributed by atoms with Crippen molar-refractivity contribution in [1.82, 2.24) is 9.55 Å². The topological polar surface area (TPSA) is 43.8 Å². The number of imidazole rings is 1. The Bertz CT molecular complexity index is 547. The van der Waals surface area contributed by atoms with Gasteiger partial charge in [0.05, 0.1) is 5.69 Å². The van der Waals surface area contributed by atoms with Crippen molar-refractivity contribution in [2.45, 2.75) is 25.4 Å². The molecule has 0 saturated carbocycles. The van der Waals surface area contributed by atoms with Gasteiger partial charge in [-0.2, -0.15) is 0 Å². The van der Waals surface area contributed by atoms with E-state index in [1.807, 2.05) is 12.3 Å². The Morgan fingerprint density at radius 3 is 3.12 bits per heavy atom. The summed E-state index contributed by atoms with van der Waals surface area (Å²) in [4.78, 5) is 4.54. The van der Waals surface area contributed by atoms with Crippen LogP contribution in [0.15, 0.2) is 30.5 Å². The van der Waals surface area contributed by atoms with E-state index in [1.54, 1.807) is 6.07 Å². The first-order chi connectivity index (χ1) is 8.22. The summed E-state index contributed by atoms with van der Waals surface area (Å²) in [5.74, 6) is 0.816. The predicted octanol–water partition coefficient (Wildman–Crippen LogP) is 1.96. The van der Waals surface area contributed by atoms with Crippen molar-refractivity contribution in [3.8, 4) is 11.3 Å². The molecule has 1 atom stereocenters. The van der Waals surface area contributed by atoms with Gasteiger partial charge in [-0.25, -0.2) is 9.37 Å². The van der Waals surface area contributed by atoms with Gasteiger partial charge in [-0.15, -0.1) is 0 Å². The first-order valence-corrected chi connectivity index (χ1v) is 5.80. The number of nitrogens with two attached hydrogens (primary N) is 1. The molecule has 0 aliphatic carbocycles. The van der Waals surface area contributed by atoms with Gasteiger partial charge in [0.2, 0.25) is 0 Å². The molecular weight excluding hydrogens is 217 g/mol. The van der Waals surface area contributed by atoms with Gasteiger partial charge in [-0.1, -0.05) is 12.1 Å². The first kappa shape index (κ1) is 10.5. The normalized spacial score (nSPS) is 19.1. The minimum Gasteiger partial charge on any atom is -0.333 e. The molecule has 0 amide bonds. The molecular formula is C13H14FN3. The summed E-state index contributed by atoms with van der Waals surface area (Å²) in [6.07, 6.45) is 3.83. The maximum absolute atomic E-state index is 13.1. The maximum Gasteiger partial charge on any atom is 0.123 e. The van der Waals surface area contributed by atoms with Crippen LogP contribution < -0.4 is 5.73 Å². The molecule has 0 spiro atoms. The lowest BCUT2D eigenvalue weighted by Crippen LogP contribution is -2.31. The molecule has 1 aromatic carbocycles. The Hall–Kier alpha value is -1.68. The Morgan fingerprint density at radius 2 is 2.29 bits per heavy atom. The molecule has 3 rings (SSSR count). The number of halogens is 1. The third-order valence-electron chi connectivity index (χ3n) is 3.15. The summed E-state index contributed by atoms with van der Waals surface area (Å²) >= 11 is 0. The van der Waals surface area contributed by atoms with Crippen molar-refractivity contribution in [2.75, 3.05) is 0 Å². The molecule has 1 aliphatic rings. The van der Waals surface area contributed by atoms with E-state index in [0.29, 0.717) is 0 Å². The zero-order valence-corrected chi connectivity index (χ0v) is 9.44. The van der Waals surface area contributed by atoms with Gasteiger partial charge in [0.1, 0.15) is 11.6 Å². The van der Waals surface area contributed by atoms with Crippen molar-refractivity contribution in [3.63, 3.8) is 0 Å². The second kappa shape index (κ2) is 3.96. The molecule has 2 heterocycles. The van der Waals surface area contributed by atoms with Crippen molar-refractivity contribution in [2.24, 2.45) is 5.73 Å². The van der Waals surface area contributed by atoms with E-state index >= 15 is 0 Å². The number of rotatable bonds is 1. The highest BCUT2D eigenvalue weighted by Crippen LogP contribution is 2.22. The molecule has 2 N–H and O–H groups in total. The molecule has 2 aromatic rings. The second-order valence-electron chi connectivity index (χ2n) is 4.50. The van der Waals surface area contributed by atoms with Gasteiger partial charge in [0.25, 0.3) is 0 Å². The van der Waals surface area contributed by atoms with Crippen LogP contribution in [0.3, 0.4) is 0 Å². The molecule has 88 valence electrons. The van der Waals surface area contributed by atoms with E-state index in [0.717, 1.165) is 36.5 Å². The fourth-order valence-electron chi connectivity index (χ4n) is 2.26. The highest BCUT2D eigenvalue weighted by molar-refractivity contribution is 5.58. The maximum atomic E-state index is 13.1. The molecule has 0 bridgehead atoms. The monoisotopic (exact) mass is 231 g/mol. The largest absolute Gasteiger partial charge is 0.333 e. The van der Waals surface area contributed by atoms with Crippen molar-refractivity contribution in [1.29, 1.82) is 0 Å². The van der Waals surface area contributed by atoms with Gasteiger partial charge in [0, 0.05) is 30.8 Å². The summed E-state index contributed by atoms with van der Waals surface area (Å²) < 4.78 is 15.2. The van der Waals surface area contributed by atoms with Gasteiger partial charge < -0.3 is 10.3 Å². The van der Waals surface area contributed by atoms with Gasteiger partial charge >= 0.3 is 0 Å². The number of hydrogen-bond donors (Lipinski definition) is 1. The van der Waals surface area contributed by atoms with Gasteiger partial charge in [-0.05, 0) is 18.6 Å². The number of nitrogens with zero attached hydrogens (tertiary/aromatic N) is 2. The minimum absolute atomic E-state index is 0.206. The summed E-state index contributed by atoms with van der Waals surface area (Å²) in [7, 11) is 0. The molecule has 0 saturated heterocycles. The van der Waals surface area contributed by atoms with E-state index in [2.05, 4.69) is 9.55 Å². The number of fused-ring (bicyclic) bond motifs is 1. The van der Waals surface area contributed by atoms with Crippen LogP contribution in [0.1, 0.15) is 12.2 Å². The lowest BCUT2D eigenvalue weighted by atomic mass is 10.1. The van der Waals surface area contributed by atoms with Gasteiger partial charge in [0.15, 0.2) is 0 Å². The fourth-order valence-corrected chi connectivity index (χ4v) is 2.26. The van der Waals surface area contributed by atoms with Crippen LogP contribution in [-0.2, 0) is 13.0 Å². The van der Waals surface area contributed by atoms with Crippen LogP contribution in [0.25, 0.3) is 11.3 Å². The predicted molar refractivity (Wildman–Crippen MR) is 63.9 cm³/mol. The summed E-state index contributed by atoms with van der Waals surface area (Å²) in [5.41, 5.74) is 7.56. The van der Waals surface area contributed by atoms with E-state index in [4.69, 9.17) is 5.73 Å². The molecule has 3 nitrogen and oxygen atoms in total. The van der Waals surface area contributed by atoms with Crippen LogP contribution in [0.2, 0.25) is 0 Å². The number of benzene rings is 1. The first-order valence-electron chi connectivity index (χ1n) is 5.80. The van der Waals surface area contributed by atoms with Crippen LogP contribution in [0.4, 0.5) is 4.39 Å². The standard InChI is InChI=1S/C13H14FN3/c14-10-3-1-2-9(6-10)12-8-17-7-11(15)4-5-13(17)16-12/h1-3,6,8,11H,4-5,7,15H2. The molecule has 0 fully saturated rings. The third-order valence-corrected chi connectivity index (χ3v) is 3.15. The number of hydrogen-bond acceptors (Lipinski definition) is 2. The highest BCUT2D eigenvalue weighted by Gasteiger charge is 2.17. The Labute approximate surface area is 99.1 Å². The van der Waals surface area contributed by atoms with Gasteiger partial charge in [-0.3, -0.25) is 0 Å². The molecule has 0 radical (unpaired) electrons. The molecule has 17 heavy (non-hydrogen) atoms. The molecule has 4 heteroatoms. The Kier molecular flexibility index (Phi) is 2.44. The lowest BCUT2D eigenvalue weighted by molar-refractivity contribution is 0.453. The molecule has 1 unspecified atom stereocenters. The molecule has 1 aliphatic heterocycles. The number of aryl methyl sites for hydroxylation is 1. The van der Waals surface area contributed by atoms with Crippen LogP contribution in [-0.4, -0.2) is 15.6 Å². The van der Waals surface area contributed by atoms with Crippen LogP contribution in [0, 0.1) is 5.82 Å². The zero-order chi connectivity index (χ0) is 11.8. The summed E-state index contributed by atoms with van der Waals surface area (Å²) in [6.45, 7) is 0.803. The number of aromatic nitrogens is 2. The average Bonchev–Trinajstić information content (AvgIpc) is 2.72. The van der Waals surface area contributed by atoms with E-state index in [9.17, 15) is 4.39 Å². The Morgan fingerprint density at radius 1 is 1.41 bits per heavy atom.